The van der Waals surface area contributed by atoms with E-state index in [1.165, 1.54) is 23.7 Å². The van der Waals surface area contributed by atoms with Gasteiger partial charge in [0, 0.05) is 7.05 Å². The fourth-order valence-corrected chi connectivity index (χ4v) is 2.58. The summed E-state index contributed by atoms with van der Waals surface area (Å²) < 4.78 is 7.05. The molecule has 114 valence electrons. The first-order chi connectivity index (χ1) is 10.7. The van der Waals surface area contributed by atoms with Gasteiger partial charge < -0.3 is 9.73 Å². The van der Waals surface area contributed by atoms with E-state index in [-0.39, 0.29) is 11.7 Å². The molecule has 0 radical (unpaired) electrons. The molecule has 1 saturated heterocycles. The van der Waals surface area contributed by atoms with Gasteiger partial charge in [-0.1, -0.05) is 0 Å². The van der Waals surface area contributed by atoms with Gasteiger partial charge in [-0.3, -0.25) is 14.4 Å². The number of carbonyl (C=O) groups is 1. The quantitative estimate of drug-likeness (QED) is 0.929. The van der Waals surface area contributed by atoms with Crippen LogP contribution in [0.5, 0.6) is 0 Å². The third-order valence-electron chi connectivity index (χ3n) is 3.75. The molecule has 0 bridgehead atoms. The standard InChI is InChI=1S/C15H17N5O2/c1-19-14(11(8-16)9-17-19)18-15(21)13-5-4-12(22-13)10-20-6-2-3-7-20/h4-5,9H,2-3,6-7,10H2,1H3,(H,18,21). The van der Waals surface area contributed by atoms with Crippen LogP contribution in [0, 0.1) is 11.3 Å². The Bertz CT molecular complexity index is 719. The molecule has 1 N–H and O–H groups in total. The largest absolute Gasteiger partial charge is 0.455 e. The number of aryl methyl sites for hydroxylation is 1. The molecule has 0 unspecified atom stereocenters. The summed E-state index contributed by atoms with van der Waals surface area (Å²) in [7, 11) is 1.66. The number of amides is 1. The van der Waals surface area contributed by atoms with Gasteiger partial charge in [-0.25, -0.2) is 0 Å². The number of carbonyl (C=O) groups excluding carboxylic acids is 1. The van der Waals surface area contributed by atoms with Crippen LogP contribution >= 0.6 is 0 Å². The van der Waals surface area contributed by atoms with Crippen LogP contribution in [0.1, 0.15) is 34.7 Å². The predicted octanol–water partition coefficient (Wildman–Crippen LogP) is 1.73. The lowest BCUT2D eigenvalue weighted by Crippen LogP contribution is -2.18. The third-order valence-corrected chi connectivity index (χ3v) is 3.75. The molecule has 3 heterocycles. The van der Waals surface area contributed by atoms with Crippen molar-refractivity contribution in [2.24, 2.45) is 7.05 Å². The fraction of sp³-hybridized carbons (Fsp3) is 0.400. The first kappa shape index (κ1) is 14.4. The molecule has 22 heavy (non-hydrogen) atoms. The molecule has 2 aromatic heterocycles. The number of anilines is 1. The molecule has 1 aliphatic heterocycles. The highest BCUT2D eigenvalue weighted by Gasteiger charge is 2.18. The van der Waals surface area contributed by atoms with E-state index in [0.717, 1.165) is 25.4 Å². The number of nitrogens with one attached hydrogen (secondary N) is 1. The lowest BCUT2D eigenvalue weighted by Gasteiger charge is -2.11. The summed E-state index contributed by atoms with van der Waals surface area (Å²) in [5.41, 5.74) is 0.319. The third kappa shape index (κ3) is 2.87. The zero-order chi connectivity index (χ0) is 15.5. The van der Waals surface area contributed by atoms with E-state index in [2.05, 4.69) is 15.3 Å². The van der Waals surface area contributed by atoms with Crippen molar-refractivity contribution >= 4 is 11.7 Å². The van der Waals surface area contributed by atoms with Crippen LogP contribution in [-0.4, -0.2) is 33.7 Å². The molecular formula is C15H17N5O2. The Hall–Kier alpha value is -2.59. The van der Waals surface area contributed by atoms with Gasteiger partial charge in [0.25, 0.3) is 5.91 Å². The lowest BCUT2D eigenvalue weighted by molar-refractivity contribution is 0.0992. The van der Waals surface area contributed by atoms with Gasteiger partial charge in [0.05, 0.1) is 12.7 Å². The van der Waals surface area contributed by atoms with Crippen LogP contribution in [0.15, 0.2) is 22.7 Å². The van der Waals surface area contributed by atoms with Crippen molar-refractivity contribution in [3.05, 3.63) is 35.4 Å². The smallest absolute Gasteiger partial charge is 0.292 e. The maximum Gasteiger partial charge on any atom is 0.292 e. The highest BCUT2D eigenvalue weighted by atomic mass is 16.4. The first-order valence-corrected chi connectivity index (χ1v) is 7.22. The molecule has 0 aliphatic carbocycles. The minimum absolute atomic E-state index is 0.235. The molecule has 3 rings (SSSR count). The Balaban J connectivity index is 1.69. The molecule has 1 aliphatic rings. The van der Waals surface area contributed by atoms with Crippen molar-refractivity contribution in [3.8, 4) is 6.07 Å². The summed E-state index contributed by atoms with van der Waals surface area (Å²) in [4.78, 5) is 14.5. The van der Waals surface area contributed by atoms with Crippen molar-refractivity contribution in [2.45, 2.75) is 19.4 Å². The molecule has 1 fully saturated rings. The van der Waals surface area contributed by atoms with Gasteiger partial charge in [0.2, 0.25) is 0 Å². The molecule has 0 atom stereocenters. The van der Waals surface area contributed by atoms with E-state index in [1.807, 2.05) is 12.1 Å². The van der Waals surface area contributed by atoms with E-state index in [9.17, 15) is 4.79 Å². The lowest BCUT2D eigenvalue weighted by atomic mass is 10.3. The van der Waals surface area contributed by atoms with Crippen molar-refractivity contribution in [3.63, 3.8) is 0 Å². The zero-order valence-electron chi connectivity index (χ0n) is 12.4. The van der Waals surface area contributed by atoms with Crippen molar-refractivity contribution < 1.29 is 9.21 Å². The summed E-state index contributed by atoms with van der Waals surface area (Å²) in [6.07, 6.45) is 3.84. The van der Waals surface area contributed by atoms with Gasteiger partial charge in [0.15, 0.2) is 5.76 Å². The number of nitrogens with zero attached hydrogens (tertiary/aromatic N) is 4. The van der Waals surface area contributed by atoms with E-state index >= 15 is 0 Å². The summed E-state index contributed by atoms with van der Waals surface area (Å²) in [6, 6.07) is 5.47. The van der Waals surface area contributed by atoms with E-state index in [4.69, 9.17) is 9.68 Å². The average Bonchev–Trinajstić information content (AvgIpc) is 3.23. The maximum absolute atomic E-state index is 12.2. The van der Waals surface area contributed by atoms with Crippen LogP contribution < -0.4 is 5.32 Å². The van der Waals surface area contributed by atoms with Crippen LogP contribution in [0.4, 0.5) is 5.82 Å². The average molecular weight is 299 g/mol. The van der Waals surface area contributed by atoms with Crippen LogP contribution in [0.2, 0.25) is 0 Å². The van der Waals surface area contributed by atoms with Crippen LogP contribution in [0.3, 0.4) is 0 Å². The number of rotatable bonds is 4. The van der Waals surface area contributed by atoms with Crippen molar-refractivity contribution in [1.82, 2.24) is 14.7 Å². The van der Waals surface area contributed by atoms with Crippen molar-refractivity contribution in [1.29, 1.82) is 5.26 Å². The molecule has 2 aromatic rings. The summed E-state index contributed by atoms with van der Waals surface area (Å²) in [6.45, 7) is 2.87. The second kappa shape index (κ2) is 6.03. The number of hydrogen-bond acceptors (Lipinski definition) is 5. The molecule has 0 spiro atoms. The number of likely N-dealkylation sites (tertiary alicyclic amines) is 1. The van der Waals surface area contributed by atoms with Crippen LogP contribution in [0.25, 0.3) is 0 Å². The van der Waals surface area contributed by atoms with Gasteiger partial charge in [0.1, 0.15) is 23.2 Å². The van der Waals surface area contributed by atoms with Crippen LogP contribution in [-0.2, 0) is 13.6 Å². The monoisotopic (exact) mass is 299 g/mol. The second-order valence-electron chi connectivity index (χ2n) is 5.35. The number of hydrogen-bond donors (Lipinski definition) is 1. The second-order valence-corrected chi connectivity index (χ2v) is 5.35. The minimum atomic E-state index is -0.382. The molecule has 0 saturated carbocycles. The molecule has 7 nitrogen and oxygen atoms in total. The van der Waals surface area contributed by atoms with Gasteiger partial charge in [-0.2, -0.15) is 10.4 Å². The minimum Gasteiger partial charge on any atom is -0.455 e. The Morgan fingerprint density at radius 1 is 1.45 bits per heavy atom. The SMILES string of the molecule is Cn1ncc(C#N)c1NC(=O)c1ccc(CN2CCCC2)o1. The Morgan fingerprint density at radius 3 is 2.95 bits per heavy atom. The number of nitriles is 1. The molecular weight excluding hydrogens is 282 g/mol. The van der Waals surface area contributed by atoms with Gasteiger partial charge in [-0.05, 0) is 38.1 Å². The predicted molar refractivity (Wildman–Crippen MR) is 79.1 cm³/mol. The van der Waals surface area contributed by atoms with Crippen molar-refractivity contribution in [2.75, 3.05) is 18.4 Å². The molecule has 1 amide bonds. The number of aromatic nitrogens is 2. The fourth-order valence-electron chi connectivity index (χ4n) is 2.58. The van der Waals surface area contributed by atoms with E-state index in [0.29, 0.717) is 11.4 Å². The van der Waals surface area contributed by atoms with E-state index < -0.39 is 0 Å². The highest BCUT2D eigenvalue weighted by Crippen LogP contribution is 2.17. The Labute approximate surface area is 128 Å². The summed E-state index contributed by atoms with van der Waals surface area (Å²) in [5, 5.41) is 15.6. The maximum atomic E-state index is 12.2. The highest BCUT2D eigenvalue weighted by molar-refractivity contribution is 6.02. The Kier molecular flexibility index (Phi) is 3.94. The molecule has 7 heteroatoms. The molecule has 0 aromatic carbocycles. The normalized spacial score (nSPS) is 14.9. The van der Waals surface area contributed by atoms with E-state index in [1.54, 1.807) is 13.1 Å². The topological polar surface area (TPSA) is 87.1 Å². The summed E-state index contributed by atoms with van der Waals surface area (Å²) in [5.74, 6) is 0.995. The number of furan rings is 1. The first-order valence-electron chi connectivity index (χ1n) is 7.22. The Morgan fingerprint density at radius 2 is 2.23 bits per heavy atom. The zero-order valence-corrected chi connectivity index (χ0v) is 12.4. The van der Waals surface area contributed by atoms with Gasteiger partial charge in [-0.15, -0.1) is 0 Å². The van der Waals surface area contributed by atoms with Gasteiger partial charge >= 0.3 is 0 Å². The summed E-state index contributed by atoms with van der Waals surface area (Å²) >= 11 is 0.